The Morgan fingerprint density at radius 1 is 1.26 bits per heavy atom. The molecule has 5 nitrogen and oxygen atoms in total. The summed E-state index contributed by atoms with van der Waals surface area (Å²) >= 11 is 0. The van der Waals surface area contributed by atoms with Gasteiger partial charge in [0.05, 0.1) is 6.54 Å². The van der Waals surface area contributed by atoms with Crippen molar-refractivity contribution in [3.05, 3.63) is 29.3 Å². The molecule has 5 heteroatoms. The molecular weight excluding hydrogens is 242 g/mol. The Morgan fingerprint density at radius 2 is 1.95 bits per heavy atom. The predicted molar refractivity (Wildman–Crippen MR) is 75.8 cm³/mol. The molecule has 104 valence electrons. The van der Waals surface area contributed by atoms with E-state index in [4.69, 9.17) is 5.73 Å². The second-order valence-corrected chi connectivity index (χ2v) is 4.95. The fourth-order valence-electron chi connectivity index (χ4n) is 1.42. The predicted octanol–water partition coefficient (Wildman–Crippen LogP) is 1.08. The highest BCUT2D eigenvalue weighted by Gasteiger charge is 2.09. The highest BCUT2D eigenvalue weighted by molar-refractivity contribution is 5.97. The van der Waals surface area contributed by atoms with Crippen molar-refractivity contribution in [3.8, 4) is 0 Å². The molecule has 0 aliphatic carbocycles. The molecule has 0 aromatic heterocycles. The maximum Gasteiger partial charge on any atom is 0.251 e. The van der Waals surface area contributed by atoms with Gasteiger partial charge in [0.2, 0.25) is 5.91 Å². The van der Waals surface area contributed by atoms with Crippen LogP contribution >= 0.6 is 0 Å². The van der Waals surface area contributed by atoms with E-state index in [1.54, 1.807) is 18.2 Å². The van der Waals surface area contributed by atoms with Crippen molar-refractivity contribution in [1.29, 1.82) is 0 Å². The standard InChI is InChI=1S/C14H21N3O2/c1-9(2)7-16-13(18)8-17-14(19)11-5-4-10(3)12(15)6-11/h4-6,9H,7-8,15H2,1-3H3,(H,16,18)(H,17,19). The number of hydrogen-bond acceptors (Lipinski definition) is 3. The molecule has 0 aliphatic heterocycles. The Kier molecular flexibility index (Phi) is 5.36. The van der Waals surface area contributed by atoms with Crippen LogP contribution in [0.15, 0.2) is 18.2 Å². The zero-order valence-electron chi connectivity index (χ0n) is 11.6. The molecule has 0 bridgehead atoms. The summed E-state index contributed by atoms with van der Waals surface area (Å²) < 4.78 is 0. The largest absolute Gasteiger partial charge is 0.398 e. The zero-order valence-corrected chi connectivity index (χ0v) is 11.6. The van der Waals surface area contributed by atoms with Crippen LogP contribution in [0.5, 0.6) is 0 Å². The summed E-state index contributed by atoms with van der Waals surface area (Å²) in [6, 6.07) is 5.08. The van der Waals surface area contributed by atoms with E-state index in [1.807, 2.05) is 20.8 Å². The van der Waals surface area contributed by atoms with E-state index in [2.05, 4.69) is 10.6 Å². The molecule has 1 rings (SSSR count). The van der Waals surface area contributed by atoms with Gasteiger partial charge >= 0.3 is 0 Å². The molecule has 19 heavy (non-hydrogen) atoms. The lowest BCUT2D eigenvalue weighted by atomic mass is 10.1. The van der Waals surface area contributed by atoms with Crippen molar-refractivity contribution < 1.29 is 9.59 Å². The maximum atomic E-state index is 11.8. The molecule has 0 saturated carbocycles. The number of hydrogen-bond donors (Lipinski definition) is 3. The first-order chi connectivity index (χ1) is 8.90. The first kappa shape index (κ1) is 15.0. The zero-order chi connectivity index (χ0) is 14.4. The van der Waals surface area contributed by atoms with Crippen LogP contribution in [0.25, 0.3) is 0 Å². The highest BCUT2D eigenvalue weighted by atomic mass is 16.2. The molecule has 0 fully saturated rings. The minimum atomic E-state index is -0.300. The molecule has 0 atom stereocenters. The molecule has 0 spiro atoms. The molecule has 0 aliphatic rings. The molecule has 0 radical (unpaired) electrons. The second-order valence-electron chi connectivity index (χ2n) is 4.95. The molecule has 1 aromatic carbocycles. The van der Waals surface area contributed by atoms with Gasteiger partial charge in [0.25, 0.3) is 5.91 Å². The van der Waals surface area contributed by atoms with E-state index < -0.39 is 0 Å². The van der Waals surface area contributed by atoms with Gasteiger partial charge < -0.3 is 16.4 Å². The first-order valence-corrected chi connectivity index (χ1v) is 6.31. The summed E-state index contributed by atoms with van der Waals surface area (Å²) in [6.07, 6.45) is 0. The van der Waals surface area contributed by atoms with Gasteiger partial charge in [0.1, 0.15) is 0 Å². The lowest BCUT2D eigenvalue weighted by molar-refractivity contribution is -0.120. The number of nitrogen functional groups attached to an aromatic ring is 1. The van der Waals surface area contributed by atoms with Crippen LogP contribution in [-0.2, 0) is 4.79 Å². The summed E-state index contributed by atoms with van der Waals surface area (Å²) in [7, 11) is 0. The number of nitrogens with two attached hydrogens (primary N) is 1. The van der Waals surface area contributed by atoms with Gasteiger partial charge in [0.15, 0.2) is 0 Å². The lowest BCUT2D eigenvalue weighted by Crippen LogP contribution is -2.38. The number of carbonyl (C=O) groups is 2. The van der Waals surface area contributed by atoms with Crippen molar-refractivity contribution in [3.63, 3.8) is 0 Å². The van der Waals surface area contributed by atoms with Gasteiger partial charge in [-0.25, -0.2) is 0 Å². The minimum absolute atomic E-state index is 0.0284. The second kappa shape index (κ2) is 6.78. The quantitative estimate of drug-likeness (QED) is 0.695. The summed E-state index contributed by atoms with van der Waals surface area (Å²) in [5.74, 6) is -0.106. The van der Waals surface area contributed by atoms with Crippen LogP contribution in [0, 0.1) is 12.8 Å². The number of benzene rings is 1. The molecular formula is C14H21N3O2. The maximum absolute atomic E-state index is 11.8. The van der Waals surface area contributed by atoms with E-state index in [0.29, 0.717) is 23.7 Å². The van der Waals surface area contributed by atoms with Gasteiger partial charge in [-0.2, -0.15) is 0 Å². The molecule has 1 aromatic rings. The molecule has 0 saturated heterocycles. The summed E-state index contributed by atoms with van der Waals surface area (Å²) in [5.41, 5.74) is 7.68. The third-order valence-corrected chi connectivity index (χ3v) is 2.66. The summed E-state index contributed by atoms with van der Waals surface area (Å²) in [6.45, 7) is 6.46. The smallest absolute Gasteiger partial charge is 0.251 e. The third-order valence-electron chi connectivity index (χ3n) is 2.66. The fourth-order valence-corrected chi connectivity index (χ4v) is 1.42. The Hall–Kier alpha value is -2.04. The van der Waals surface area contributed by atoms with Gasteiger partial charge in [-0.1, -0.05) is 19.9 Å². The molecule has 0 heterocycles. The Balaban J connectivity index is 2.47. The van der Waals surface area contributed by atoms with Crippen LogP contribution in [0.4, 0.5) is 5.69 Å². The number of carbonyl (C=O) groups excluding carboxylic acids is 2. The van der Waals surface area contributed by atoms with Crippen molar-refractivity contribution in [1.82, 2.24) is 10.6 Å². The van der Waals surface area contributed by atoms with Crippen molar-refractivity contribution >= 4 is 17.5 Å². The number of nitrogens with one attached hydrogen (secondary N) is 2. The van der Waals surface area contributed by atoms with Crippen LogP contribution in [-0.4, -0.2) is 24.9 Å². The lowest BCUT2D eigenvalue weighted by Gasteiger charge is -2.09. The van der Waals surface area contributed by atoms with Crippen LogP contribution < -0.4 is 16.4 Å². The first-order valence-electron chi connectivity index (χ1n) is 6.31. The van der Waals surface area contributed by atoms with Gasteiger partial charge in [0, 0.05) is 17.8 Å². The van der Waals surface area contributed by atoms with Crippen molar-refractivity contribution in [2.45, 2.75) is 20.8 Å². The van der Waals surface area contributed by atoms with E-state index in [9.17, 15) is 9.59 Å². The Bertz CT molecular complexity index is 470. The van der Waals surface area contributed by atoms with Gasteiger partial charge in [-0.3, -0.25) is 9.59 Å². The molecule has 0 unspecified atom stereocenters. The van der Waals surface area contributed by atoms with E-state index >= 15 is 0 Å². The van der Waals surface area contributed by atoms with E-state index in [1.165, 1.54) is 0 Å². The average molecular weight is 263 g/mol. The average Bonchev–Trinajstić information content (AvgIpc) is 2.36. The SMILES string of the molecule is Cc1ccc(C(=O)NCC(=O)NCC(C)C)cc1N. The van der Waals surface area contributed by atoms with Crippen LogP contribution in [0.3, 0.4) is 0 Å². The van der Waals surface area contributed by atoms with Gasteiger partial charge in [-0.15, -0.1) is 0 Å². The normalized spacial score (nSPS) is 10.3. The Morgan fingerprint density at radius 3 is 2.53 bits per heavy atom. The minimum Gasteiger partial charge on any atom is -0.398 e. The van der Waals surface area contributed by atoms with E-state index in [-0.39, 0.29) is 18.4 Å². The molecule has 4 N–H and O–H groups in total. The monoisotopic (exact) mass is 263 g/mol. The van der Waals surface area contributed by atoms with E-state index in [0.717, 1.165) is 5.56 Å². The number of amides is 2. The topological polar surface area (TPSA) is 84.2 Å². The number of anilines is 1. The number of aryl methyl sites for hydroxylation is 1. The third kappa shape index (κ3) is 4.99. The molecule has 2 amide bonds. The van der Waals surface area contributed by atoms with Crippen LogP contribution in [0.1, 0.15) is 29.8 Å². The van der Waals surface area contributed by atoms with Crippen molar-refractivity contribution in [2.24, 2.45) is 5.92 Å². The highest BCUT2D eigenvalue weighted by Crippen LogP contribution is 2.12. The van der Waals surface area contributed by atoms with Crippen LogP contribution in [0.2, 0.25) is 0 Å². The van der Waals surface area contributed by atoms with Gasteiger partial charge in [-0.05, 0) is 30.5 Å². The number of rotatable bonds is 5. The fraction of sp³-hybridized carbons (Fsp3) is 0.429. The Labute approximate surface area is 113 Å². The summed E-state index contributed by atoms with van der Waals surface area (Å²) in [4.78, 5) is 23.3. The summed E-state index contributed by atoms with van der Waals surface area (Å²) in [5, 5.41) is 5.29. The van der Waals surface area contributed by atoms with Crippen molar-refractivity contribution in [2.75, 3.05) is 18.8 Å².